The second-order valence-electron chi connectivity index (χ2n) is 5.55. The van der Waals surface area contributed by atoms with Gasteiger partial charge in [0, 0.05) is 6.61 Å². The maximum atomic E-state index is 10.8. The monoisotopic (exact) mass is 212 g/mol. The zero-order valence-corrected chi connectivity index (χ0v) is 9.42. The SMILES string of the molecule is CC1(CC(=O)O)CCOC2(CCCC2)C1. The van der Waals surface area contributed by atoms with Crippen molar-refractivity contribution >= 4 is 5.97 Å². The highest BCUT2D eigenvalue weighted by Gasteiger charge is 2.45. The third-order valence-electron chi connectivity index (χ3n) is 3.96. The Bertz CT molecular complexity index is 256. The highest BCUT2D eigenvalue weighted by Crippen LogP contribution is 2.48. The number of ether oxygens (including phenoxy) is 1. The average Bonchev–Trinajstić information content (AvgIpc) is 2.50. The summed E-state index contributed by atoms with van der Waals surface area (Å²) >= 11 is 0. The minimum absolute atomic E-state index is 0.0302. The summed E-state index contributed by atoms with van der Waals surface area (Å²) in [6.07, 6.45) is 6.85. The maximum Gasteiger partial charge on any atom is 0.303 e. The van der Waals surface area contributed by atoms with Crippen molar-refractivity contribution in [2.45, 2.75) is 57.5 Å². The number of hydrogen-bond acceptors (Lipinski definition) is 2. The van der Waals surface area contributed by atoms with E-state index in [9.17, 15) is 4.79 Å². The van der Waals surface area contributed by atoms with E-state index in [1.54, 1.807) is 0 Å². The molecule has 1 atom stereocenters. The van der Waals surface area contributed by atoms with Crippen molar-refractivity contribution in [2.24, 2.45) is 5.41 Å². The Labute approximate surface area is 90.8 Å². The van der Waals surface area contributed by atoms with Gasteiger partial charge in [0.1, 0.15) is 0 Å². The van der Waals surface area contributed by atoms with Gasteiger partial charge >= 0.3 is 5.97 Å². The van der Waals surface area contributed by atoms with Gasteiger partial charge in [0.05, 0.1) is 12.0 Å². The topological polar surface area (TPSA) is 46.5 Å². The van der Waals surface area contributed by atoms with Gasteiger partial charge in [0.25, 0.3) is 0 Å². The Balaban J connectivity index is 2.05. The van der Waals surface area contributed by atoms with E-state index in [0.717, 1.165) is 32.3 Å². The molecule has 2 aliphatic rings. The predicted molar refractivity (Wildman–Crippen MR) is 56.7 cm³/mol. The number of carboxylic acid groups (broad SMARTS) is 1. The van der Waals surface area contributed by atoms with Crippen LogP contribution in [0.15, 0.2) is 0 Å². The quantitative estimate of drug-likeness (QED) is 0.765. The molecule has 1 N–H and O–H groups in total. The largest absolute Gasteiger partial charge is 0.481 e. The van der Waals surface area contributed by atoms with Crippen LogP contribution in [0.4, 0.5) is 0 Å². The minimum Gasteiger partial charge on any atom is -0.481 e. The minimum atomic E-state index is -0.674. The van der Waals surface area contributed by atoms with E-state index in [4.69, 9.17) is 9.84 Å². The molecule has 0 aromatic heterocycles. The van der Waals surface area contributed by atoms with Gasteiger partial charge in [-0.25, -0.2) is 0 Å². The summed E-state index contributed by atoms with van der Waals surface area (Å²) in [6, 6.07) is 0. The van der Waals surface area contributed by atoms with Crippen molar-refractivity contribution in [2.75, 3.05) is 6.61 Å². The Morgan fingerprint density at radius 1 is 1.33 bits per heavy atom. The normalized spacial score (nSPS) is 34.5. The van der Waals surface area contributed by atoms with Crippen molar-refractivity contribution in [1.82, 2.24) is 0 Å². The van der Waals surface area contributed by atoms with Gasteiger partial charge in [-0.05, 0) is 31.1 Å². The lowest BCUT2D eigenvalue weighted by Crippen LogP contribution is -2.43. The molecule has 1 saturated carbocycles. The third kappa shape index (κ3) is 2.33. The first-order chi connectivity index (χ1) is 7.04. The van der Waals surface area contributed by atoms with E-state index in [0.29, 0.717) is 0 Å². The lowest BCUT2D eigenvalue weighted by Gasteiger charge is -2.44. The maximum absolute atomic E-state index is 10.8. The molecule has 1 saturated heterocycles. The van der Waals surface area contributed by atoms with Crippen LogP contribution in [0.5, 0.6) is 0 Å². The van der Waals surface area contributed by atoms with Gasteiger partial charge in [0.15, 0.2) is 0 Å². The molecule has 0 bridgehead atoms. The molecule has 0 aromatic carbocycles. The van der Waals surface area contributed by atoms with Crippen LogP contribution in [0.25, 0.3) is 0 Å². The first kappa shape index (κ1) is 10.9. The van der Waals surface area contributed by atoms with Crippen molar-refractivity contribution in [3.63, 3.8) is 0 Å². The molecule has 3 nitrogen and oxygen atoms in total. The summed E-state index contributed by atoms with van der Waals surface area (Å²) in [5, 5.41) is 8.92. The van der Waals surface area contributed by atoms with Crippen LogP contribution < -0.4 is 0 Å². The van der Waals surface area contributed by atoms with Crippen LogP contribution in [-0.2, 0) is 9.53 Å². The van der Waals surface area contributed by atoms with E-state index >= 15 is 0 Å². The highest BCUT2D eigenvalue weighted by atomic mass is 16.5. The lowest BCUT2D eigenvalue weighted by molar-refractivity contribution is -0.149. The molecule has 1 aliphatic heterocycles. The number of rotatable bonds is 2. The molecule has 0 radical (unpaired) electrons. The summed E-state index contributed by atoms with van der Waals surface area (Å²) in [7, 11) is 0. The summed E-state index contributed by atoms with van der Waals surface area (Å²) in [6.45, 7) is 2.84. The van der Waals surface area contributed by atoms with E-state index in [1.807, 2.05) is 0 Å². The van der Waals surface area contributed by atoms with Crippen molar-refractivity contribution in [1.29, 1.82) is 0 Å². The van der Waals surface area contributed by atoms with Gasteiger partial charge in [-0.2, -0.15) is 0 Å². The van der Waals surface area contributed by atoms with Gasteiger partial charge < -0.3 is 9.84 Å². The lowest BCUT2D eigenvalue weighted by atomic mass is 9.71. The molecular formula is C12H20O3. The van der Waals surface area contributed by atoms with Crippen LogP contribution in [-0.4, -0.2) is 23.3 Å². The highest BCUT2D eigenvalue weighted by molar-refractivity contribution is 5.67. The number of hydrogen-bond donors (Lipinski definition) is 1. The molecule has 1 spiro atoms. The van der Waals surface area contributed by atoms with Crippen LogP contribution in [0, 0.1) is 5.41 Å². The van der Waals surface area contributed by atoms with Crippen molar-refractivity contribution in [3.8, 4) is 0 Å². The summed E-state index contributed by atoms with van der Waals surface area (Å²) in [5.41, 5.74) is -0.0170. The molecule has 86 valence electrons. The molecular weight excluding hydrogens is 192 g/mol. The van der Waals surface area contributed by atoms with Crippen LogP contribution >= 0.6 is 0 Å². The van der Waals surface area contributed by atoms with Gasteiger partial charge in [-0.1, -0.05) is 19.8 Å². The van der Waals surface area contributed by atoms with Gasteiger partial charge in [-0.15, -0.1) is 0 Å². The summed E-state index contributed by atoms with van der Waals surface area (Å²) in [4.78, 5) is 10.8. The van der Waals surface area contributed by atoms with Gasteiger partial charge in [-0.3, -0.25) is 4.79 Å². The van der Waals surface area contributed by atoms with Crippen LogP contribution in [0.1, 0.15) is 51.9 Å². The predicted octanol–water partition coefficient (Wildman–Crippen LogP) is 2.59. The zero-order chi connectivity index (χ0) is 10.9. The Kier molecular flexibility index (Phi) is 2.75. The average molecular weight is 212 g/mol. The third-order valence-corrected chi connectivity index (χ3v) is 3.96. The molecule has 2 fully saturated rings. The summed E-state index contributed by atoms with van der Waals surface area (Å²) in [5.74, 6) is -0.674. The number of aliphatic carboxylic acids is 1. The summed E-state index contributed by atoms with van der Waals surface area (Å²) < 4.78 is 5.91. The van der Waals surface area contributed by atoms with Crippen LogP contribution in [0.2, 0.25) is 0 Å². The Morgan fingerprint density at radius 3 is 2.60 bits per heavy atom. The van der Waals surface area contributed by atoms with E-state index in [2.05, 4.69) is 6.92 Å². The fourth-order valence-corrected chi connectivity index (χ4v) is 3.29. The molecule has 15 heavy (non-hydrogen) atoms. The first-order valence-electron chi connectivity index (χ1n) is 5.90. The number of carbonyl (C=O) groups is 1. The molecule has 1 heterocycles. The molecule has 0 amide bonds. The molecule has 2 rings (SSSR count). The Hall–Kier alpha value is -0.570. The molecule has 1 aliphatic carbocycles. The molecule has 1 unspecified atom stereocenters. The van der Waals surface area contributed by atoms with E-state index in [1.165, 1.54) is 12.8 Å². The first-order valence-corrected chi connectivity index (χ1v) is 5.90. The molecule has 0 aromatic rings. The van der Waals surface area contributed by atoms with E-state index < -0.39 is 5.97 Å². The smallest absolute Gasteiger partial charge is 0.303 e. The number of carboxylic acids is 1. The van der Waals surface area contributed by atoms with Gasteiger partial charge in [0.2, 0.25) is 0 Å². The fraction of sp³-hybridized carbons (Fsp3) is 0.917. The standard InChI is InChI=1S/C12H20O3/c1-11(8-10(13)14)6-7-15-12(9-11)4-2-3-5-12/h2-9H2,1H3,(H,13,14). The Morgan fingerprint density at radius 2 is 2.00 bits per heavy atom. The fourth-order valence-electron chi connectivity index (χ4n) is 3.29. The van der Waals surface area contributed by atoms with Crippen molar-refractivity contribution < 1.29 is 14.6 Å². The second-order valence-corrected chi connectivity index (χ2v) is 5.55. The van der Waals surface area contributed by atoms with Crippen LogP contribution in [0.3, 0.4) is 0 Å². The molecule has 3 heteroatoms. The van der Waals surface area contributed by atoms with Crippen molar-refractivity contribution in [3.05, 3.63) is 0 Å². The zero-order valence-electron chi connectivity index (χ0n) is 9.42. The van der Waals surface area contributed by atoms with E-state index in [-0.39, 0.29) is 17.4 Å². The second kappa shape index (κ2) is 3.78.